The van der Waals surface area contributed by atoms with Crippen LogP contribution in [0.5, 0.6) is 0 Å². The van der Waals surface area contributed by atoms with Crippen molar-refractivity contribution >= 4 is 33.4 Å². The van der Waals surface area contributed by atoms with Gasteiger partial charge in [0.25, 0.3) is 10.1 Å². The van der Waals surface area contributed by atoms with Crippen LogP contribution in [0.2, 0.25) is 5.02 Å². The van der Waals surface area contributed by atoms with E-state index in [2.05, 4.69) is 21.8 Å². The number of halogens is 1. The van der Waals surface area contributed by atoms with Crippen LogP contribution in [0.1, 0.15) is 55.8 Å². The van der Waals surface area contributed by atoms with Gasteiger partial charge in [-0.05, 0) is 50.3 Å². The Hall–Kier alpha value is -2.31. The monoisotopic (exact) mass is 579 g/mol. The number of amides is 1. The van der Waals surface area contributed by atoms with E-state index in [4.69, 9.17) is 11.6 Å². The number of nitrogens with zero attached hydrogens (tertiary/aromatic N) is 5. The molecule has 2 heterocycles. The zero-order valence-corrected chi connectivity index (χ0v) is 24.3. The Morgan fingerprint density at radius 2 is 1.85 bits per heavy atom. The van der Waals surface area contributed by atoms with Crippen LogP contribution in [-0.4, -0.2) is 101 Å². The molecule has 0 spiro atoms. The summed E-state index contributed by atoms with van der Waals surface area (Å²) in [6, 6.07) is 7.07. The molecular formula is C27H38ClN5O5S. The molecule has 1 aromatic heterocycles. The number of hydrogen-bond donors (Lipinski definition) is 2. The van der Waals surface area contributed by atoms with E-state index in [9.17, 15) is 22.9 Å². The number of aliphatic hydroxyl groups is 1. The van der Waals surface area contributed by atoms with Gasteiger partial charge in [0.15, 0.2) is 0 Å². The first-order chi connectivity index (χ1) is 18.4. The van der Waals surface area contributed by atoms with Gasteiger partial charge in [-0.1, -0.05) is 30.7 Å². The van der Waals surface area contributed by atoms with E-state index < -0.39 is 27.3 Å². The average molecular weight is 580 g/mol. The molecular weight excluding hydrogens is 542 g/mol. The summed E-state index contributed by atoms with van der Waals surface area (Å²) in [7, 11) is -4.23. The smallest absolute Gasteiger partial charge is 0.266 e. The molecule has 2 aliphatic rings. The van der Waals surface area contributed by atoms with Crippen LogP contribution in [0, 0.1) is 0 Å². The Labute approximate surface area is 235 Å². The van der Waals surface area contributed by atoms with E-state index in [-0.39, 0.29) is 25.6 Å². The summed E-state index contributed by atoms with van der Waals surface area (Å²) in [5.41, 5.74) is 2.26. The second kappa shape index (κ2) is 12.1. The molecule has 1 amide bonds. The molecule has 1 aromatic carbocycles. The molecule has 1 saturated heterocycles. The predicted molar refractivity (Wildman–Crippen MR) is 151 cm³/mol. The fraction of sp³-hybridized carbons (Fsp3) is 0.593. The zero-order valence-electron chi connectivity index (χ0n) is 22.8. The minimum absolute atomic E-state index is 0.0332. The Morgan fingerprint density at radius 3 is 2.46 bits per heavy atom. The number of hydrogen-bond acceptors (Lipinski definition) is 8. The van der Waals surface area contributed by atoms with Gasteiger partial charge in [-0.3, -0.25) is 14.2 Å². The van der Waals surface area contributed by atoms with Crippen LogP contribution >= 0.6 is 11.6 Å². The Morgan fingerprint density at radius 1 is 1.18 bits per heavy atom. The van der Waals surface area contributed by atoms with Gasteiger partial charge in [0.05, 0.1) is 18.3 Å². The largest absolute Gasteiger partial charge is 0.394 e. The predicted octanol–water partition coefficient (Wildman–Crippen LogP) is 2.57. The van der Waals surface area contributed by atoms with Gasteiger partial charge in [-0.25, -0.2) is 9.97 Å². The lowest BCUT2D eigenvalue weighted by atomic mass is 9.93. The van der Waals surface area contributed by atoms with Crippen LogP contribution < -0.4 is 4.90 Å². The van der Waals surface area contributed by atoms with Crippen molar-refractivity contribution in [2.45, 2.75) is 51.0 Å². The third kappa shape index (κ3) is 7.07. The van der Waals surface area contributed by atoms with Crippen LogP contribution in [0.3, 0.4) is 0 Å². The van der Waals surface area contributed by atoms with Crippen molar-refractivity contribution in [1.82, 2.24) is 19.8 Å². The third-order valence-corrected chi connectivity index (χ3v) is 8.93. The maximum Gasteiger partial charge on any atom is 0.266 e. The second-order valence-corrected chi connectivity index (χ2v) is 13.1. The molecule has 0 saturated carbocycles. The SMILES string of the molecule is CC1CCc2ncnc(N3CCN(C(=O)C(CN(CCS(=O)(=O)O)C(C)(C)CO)c4ccc(Cl)cc4)CC3)c21. The maximum absolute atomic E-state index is 14.0. The quantitative estimate of drug-likeness (QED) is 0.408. The van der Waals surface area contributed by atoms with E-state index in [1.807, 2.05) is 4.90 Å². The van der Waals surface area contributed by atoms with Crippen molar-refractivity contribution in [1.29, 1.82) is 0 Å². The van der Waals surface area contributed by atoms with Crippen molar-refractivity contribution in [3.05, 3.63) is 52.4 Å². The number of aryl methyl sites for hydroxylation is 1. The molecule has 2 unspecified atom stereocenters. The number of carbonyl (C=O) groups excluding carboxylic acids is 1. The Balaban J connectivity index is 1.54. The first-order valence-electron chi connectivity index (χ1n) is 13.3. The lowest BCUT2D eigenvalue weighted by Crippen LogP contribution is -2.54. The number of carbonyl (C=O) groups is 1. The number of aromatic nitrogens is 2. The summed E-state index contributed by atoms with van der Waals surface area (Å²) >= 11 is 6.12. The molecule has 4 rings (SSSR count). The molecule has 10 nitrogen and oxygen atoms in total. The second-order valence-electron chi connectivity index (χ2n) is 11.1. The van der Waals surface area contributed by atoms with Crippen molar-refractivity contribution in [3.63, 3.8) is 0 Å². The van der Waals surface area contributed by atoms with Crippen LogP contribution in [-0.2, 0) is 21.3 Å². The summed E-state index contributed by atoms with van der Waals surface area (Å²) in [5, 5.41) is 10.6. The summed E-state index contributed by atoms with van der Waals surface area (Å²) in [6.45, 7) is 7.97. The number of fused-ring (bicyclic) bond motifs is 1. The third-order valence-electron chi connectivity index (χ3n) is 7.98. The summed E-state index contributed by atoms with van der Waals surface area (Å²) in [5.74, 6) is 0.174. The highest BCUT2D eigenvalue weighted by Gasteiger charge is 2.36. The molecule has 0 radical (unpaired) electrons. The molecule has 1 aliphatic heterocycles. The molecule has 39 heavy (non-hydrogen) atoms. The molecule has 12 heteroatoms. The fourth-order valence-electron chi connectivity index (χ4n) is 5.44. The highest BCUT2D eigenvalue weighted by atomic mass is 35.5. The minimum atomic E-state index is -4.23. The minimum Gasteiger partial charge on any atom is -0.394 e. The number of aliphatic hydroxyl groups excluding tert-OH is 1. The molecule has 2 aromatic rings. The van der Waals surface area contributed by atoms with E-state index in [0.717, 1.165) is 29.9 Å². The van der Waals surface area contributed by atoms with Crippen LogP contribution in [0.25, 0.3) is 0 Å². The highest BCUT2D eigenvalue weighted by molar-refractivity contribution is 7.85. The summed E-state index contributed by atoms with van der Waals surface area (Å²) < 4.78 is 32.4. The lowest BCUT2D eigenvalue weighted by Gasteiger charge is -2.41. The molecule has 2 N–H and O–H groups in total. The first-order valence-corrected chi connectivity index (χ1v) is 15.3. The van der Waals surface area contributed by atoms with Crippen LogP contribution in [0.15, 0.2) is 30.6 Å². The van der Waals surface area contributed by atoms with Gasteiger partial charge in [-0.2, -0.15) is 8.42 Å². The van der Waals surface area contributed by atoms with Crippen LogP contribution in [0.4, 0.5) is 5.82 Å². The van der Waals surface area contributed by atoms with Gasteiger partial charge in [0, 0.05) is 61.1 Å². The molecule has 1 aliphatic carbocycles. The van der Waals surface area contributed by atoms with E-state index in [0.29, 0.717) is 37.1 Å². The number of rotatable bonds is 10. The number of piperazine rings is 1. The van der Waals surface area contributed by atoms with Gasteiger partial charge in [0.1, 0.15) is 12.1 Å². The normalized spacial score (nSPS) is 18.9. The Bertz CT molecular complexity index is 1270. The number of anilines is 1. The number of benzene rings is 1. The zero-order chi connectivity index (χ0) is 28.4. The van der Waals surface area contributed by atoms with Gasteiger partial charge >= 0.3 is 0 Å². The highest BCUT2D eigenvalue weighted by Crippen LogP contribution is 2.37. The first kappa shape index (κ1) is 29.7. The van der Waals surface area contributed by atoms with Crippen molar-refractivity contribution in [2.75, 3.05) is 56.5 Å². The van der Waals surface area contributed by atoms with E-state index >= 15 is 0 Å². The van der Waals surface area contributed by atoms with Gasteiger partial charge in [0.2, 0.25) is 5.91 Å². The molecule has 0 bridgehead atoms. The maximum atomic E-state index is 14.0. The van der Waals surface area contributed by atoms with E-state index in [1.54, 1.807) is 49.3 Å². The van der Waals surface area contributed by atoms with Crippen molar-refractivity contribution in [2.24, 2.45) is 0 Å². The van der Waals surface area contributed by atoms with Crippen molar-refractivity contribution in [3.8, 4) is 0 Å². The molecule has 214 valence electrons. The van der Waals surface area contributed by atoms with Gasteiger partial charge < -0.3 is 14.9 Å². The lowest BCUT2D eigenvalue weighted by molar-refractivity contribution is -0.134. The molecule has 2 atom stereocenters. The Kier molecular flexibility index (Phi) is 9.17. The molecule has 1 fully saturated rings. The average Bonchev–Trinajstić information content (AvgIpc) is 3.29. The van der Waals surface area contributed by atoms with E-state index in [1.165, 1.54) is 5.56 Å². The van der Waals surface area contributed by atoms with Gasteiger partial charge in [-0.15, -0.1) is 0 Å². The fourth-order valence-corrected chi connectivity index (χ4v) is 6.02. The van der Waals surface area contributed by atoms with Crippen molar-refractivity contribution < 1.29 is 22.9 Å². The standard InChI is InChI=1S/C27H38ClN5O5S/c1-19-4-9-23-24(19)25(30-18-29-23)31-10-12-32(13-11-31)26(35)22(20-5-7-21(28)8-6-20)16-33(27(2,3)17-34)14-15-39(36,37)38/h5-8,18-19,22,34H,4,9-17H2,1-3H3,(H,36,37,38). The summed E-state index contributed by atoms with van der Waals surface area (Å²) in [6.07, 6.45) is 3.66. The summed E-state index contributed by atoms with van der Waals surface area (Å²) in [4.78, 5) is 28.9. The topological polar surface area (TPSA) is 127 Å².